The highest BCUT2D eigenvalue weighted by molar-refractivity contribution is 7.86. The van der Waals surface area contributed by atoms with Crippen molar-refractivity contribution in [3.63, 3.8) is 0 Å². The van der Waals surface area contributed by atoms with E-state index >= 15 is 0 Å². The number of ether oxygens (including phenoxy) is 1. The van der Waals surface area contributed by atoms with Crippen molar-refractivity contribution < 1.29 is 35.8 Å². The Labute approximate surface area is 126 Å². The maximum atomic E-state index is 12.0. The summed E-state index contributed by atoms with van der Waals surface area (Å²) in [5, 5.41) is 11.9. The summed E-state index contributed by atoms with van der Waals surface area (Å²) in [6, 6.07) is 3.51. The average molecular weight is 347 g/mol. The Bertz CT molecular complexity index is 939. The van der Waals surface area contributed by atoms with E-state index in [1.165, 1.54) is 0 Å². The molecule has 10 heteroatoms. The lowest BCUT2D eigenvalue weighted by Gasteiger charge is -2.11. The zero-order valence-corrected chi connectivity index (χ0v) is 12.8. The minimum Gasteiger partial charge on any atom is -0.493 e. The molecule has 2 aromatic rings. The van der Waals surface area contributed by atoms with Gasteiger partial charge in [0.05, 0.1) is 21.8 Å². The molecule has 0 saturated heterocycles. The first-order valence-electron chi connectivity index (χ1n) is 5.90. The normalized spacial score (nSPS) is 12.5. The van der Waals surface area contributed by atoms with Gasteiger partial charge < -0.3 is 4.74 Å². The van der Waals surface area contributed by atoms with E-state index in [0.717, 1.165) is 18.2 Å². The summed E-state index contributed by atoms with van der Waals surface area (Å²) in [5.74, 6) is -0.880. The van der Waals surface area contributed by atoms with Crippen molar-refractivity contribution in [3.05, 3.63) is 24.3 Å². The van der Waals surface area contributed by atoms with Crippen molar-refractivity contribution in [3.8, 4) is 11.5 Å². The molecule has 119 valence electrons. The van der Waals surface area contributed by atoms with E-state index < -0.39 is 35.8 Å². The molecule has 8 nitrogen and oxygen atoms in total. The molecule has 0 fully saturated rings. The van der Waals surface area contributed by atoms with Gasteiger partial charge in [-0.2, -0.15) is 16.8 Å². The summed E-state index contributed by atoms with van der Waals surface area (Å²) in [6.07, 6.45) is 0. The predicted octanol–water partition coefficient (Wildman–Crippen LogP) is 1.88. The molecule has 1 radical (unpaired) electrons. The number of hydrogen-bond donors (Lipinski definition) is 2. The van der Waals surface area contributed by atoms with Crippen LogP contribution in [0.15, 0.2) is 34.1 Å². The van der Waals surface area contributed by atoms with Crippen LogP contribution < -0.4 is 4.74 Å². The fraction of sp³-hybridized carbons (Fsp3) is 0.167. The first-order chi connectivity index (χ1) is 10.0. The van der Waals surface area contributed by atoms with Gasteiger partial charge in [0, 0.05) is 12.1 Å². The SMILES string of the molecule is CCOc1cc(S(=O)(=O)O)cc2cc(S(=O)(=O)O)cc([O])c12. The molecule has 0 aliphatic rings. The molecular weight excluding hydrogens is 336 g/mol. The Morgan fingerprint density at radius 1 is 0.955 bits per heavy atom. The summed E-state index contributed by atoms with van der Waals surface area (Å²) in [6.45, 7) is 1.71. The highest BCUT2D eigenvalue weighted by Crippen LogP contribution is 2.38. The predicted molar refractivity (Wildman–Crippen MR) is 74.9 cm³/mol. The Hall–Kier alpha value is -1.88. The van der Waals surface area contributed by atoms with Crippen LogP contribution in [-0.4, -0.2) is 32.5 Å². The Balaban J connectivity index is 2.94. The molecule has 0 bridgehead atoms. The van der Waals surface area contributed by atoms with Crippen molar-refractivity contribution in [2.45, 2.75) is 16.7 Å². The first-order valence-corrected chi connectivity index (χ1v) is 8.78. The summed E-state index contributed by atoms with van der Waals surface area (Å²) >= 11 is 0. The van der Waals surface area contributed by atoms with Gasteiger partial charge in [0.1, 0.15) is 5.75 Å². The van der Waals surface area contributed by atoms with Crippen LogP contribution in [0.25, 0.3) is 10.8 Å². The Kier molecular flexibility index (Phi) is 4.04. The third kappa shape index (κ3) is 3.14. The zero-order valence-electron chi connectivity index (χ0n) is 11.2. The first kappa shape index (κ1) is 16.5. The van der Waals surface area contributed by atoms with E-state index in [0.29, 0.717) is 6.07 Å². The van der Waals surface area contributed by atoms with Gasteiger partial charge in [-0.15, -0.1) is 0 Å². The van der Waals surface area contributed by atoms with Gasteiger partial charge in [0.25, 0.3) is 20.2 Å². The number of rotatable bonds is 4. The fourth-order valence-electron chi connectivity index (χ4n) is 1.95. The quantitative estimate of drug-likeness (QED) is 0.805. The van der Waals surface area contributed by atoms with E-state index in [4.69, 9.17) is 13.8 Å². The summed E-state index contributed by atoms with van der Waals surface area (Å²) < 4.78 is 68.1. The maximum Gasteiger partial charge on any atom is 0.294 e. The van der Waals surface area contributed by atoms with Gasteiger partial charge >= 0.3 is 0 Å². The topological polar surface area (TPSA) is 138 Å². The van der Waals surface area contributed by atoms with Gasteiger partial charge in [-0.3, -0.25) is 14.2 Å². The summed E-state index contributed by atoms with van der Waals surface area (Å²) in [4.78, 5) is -1.24. The van der Waals surface area contributed by atoms with Crippen LogP contribution in [0.3, 0.4) is 0 Å². The van der Waals surface area contributed by atoms with E-state index in [-0.39, 0.29) is 23.1 Å². The highest BCUT2D eigenvalue weighted by atomic mass is 32.2. The van der Waals surface area contributed by atoms with Crippen LogP contribution in [0.5, 0.6) is 11.5 Å². The van der Waals surface area contributed by atoms with Crippen LogP contribution in [0.4, 0.5) is 0 Å². The number of hydrogen-bond acceptors (Lipinski definition) is 5. The largest absolute Gasteiger partial charge is 0.493 e. The van der Waals surface area contributed by atoms with Crippen molar-refractivity contribution in [2.24, 2.45) is 0 Å². The van der Waals surface area contributed by atoms with Crippen molar-refractivity contribution in [2.75, 3.05) is 6.61 Å². The number of benzene rings is 2. The molecule has 0 atom stereocenters. The van der Waals surface area contributed by atoms with E-state index in [2.05, 4.69) is 0 Å². The molecule has 22 heavy (non-hydrogen) atoms. The second-order valence-corrected chi connectivity index (χ2v) is 7.17. The highest BCUT2D eigenvalue weighted by Gasteiger charge is 2.20. The fourth-order valence-corrected chi connectivity index (χ4v) is 3.02. The second kappa shape index (κ2) is 5.39. The third-order valence-corrected chi connectivity index (χ3v) is 4.48. The summed E-state index contributed by atoms with van der Waals surface area (Å²) in [5.41, 5.74) is 0. The standard InChI is InChI=1S/C12H11O8S2/c1-2-20-11-6-9(22(17,18)19)4-7-3-8(21(14,15)16)5-10(13)12(7)11/h3-6H,2H2,1H3,(H,14,15,16)(H,17,18,19). The van der Waals surface area contributed by atoms with Crippen molar-refractivity contribution in [1.29, 1.82) is 0 Å². The minimum absolute atomic E-state index is 0.0540. The molecule has 2 rings (SSSR count). The molecule has 0 amide bonds. The molecule has 0 spiro atoms. The lowest BCUT2D eigenvalue weighted by molar-refractivity contribution is 0.335. The lowest BCUT2D eigenvalue weighted by atomic mass is 10.1. The third-order valence-electron chi connectivity index (χ3n) is 2.82. The molecule has 0 heterocycles. The van der Waals surface area contributed by atoms with Gasteiger partial charge in [-0.1, -0.05) is 0 Å². The van der Waals surface area contributed by atoms with Crippen LogP contribution in [-0.2, 0) is 25.3 Å². The minimum atomic E-state index is -4.64. The van der Waals surface area contributed by atoms with Crippen LogP contribution in [0.2, 0.25) is 0 Å². The van der Waals surface area contributed by atoms with Crippen LogP contribution >= 0.6 is 0 Å². The monoisotopic (exact) mass is 347 g/mol. The van der Waals surface area contributed by atoms with Gasteiger partial charge in [-0.05, 0) is 24.4 Å². The van der Waals surface area contributed by atoms with Crippen LogP contribution in [0.1, 0.15) is 6.92 Å². The maximum absolute atomic E-state index is 12.0. The van der Waals surface area contributed by atoms with Gasteiger partial charge in [0.2, 0.25) is 0 Å². The van der Waals surface area contributed by atoms with E-state index in [9.17, 15) is 21.9 Å². The molecule has 2 N–H and O–H groups in total. The van der Waals surface area contributed by atoms with Crippen LogP contribution in [0, 0.1) is 0 Å². The lowest BCUT2D eigenvalue weighted by Crippen LogP contribution is -2.02. The number of fused-ring (bicyclic) bond motifs is 1. The molecule has 0 aliphatic heterocycles. The second-order valence-electron chi connectivity index (χ2n) is 4.32. The molecule has 0 aromatic heterocycles. The molecule has 0 unspecified atom stereocenters. The Morgan fingerprint density at radius 3 is 1.91 bits per heavy atom. The smallest absolute Gasteiger partial charge is 0.294 e. The van der Waals surface area contributed by atoms with E-state index in [1.807, 2.05) is 0 Å². The summed E-state index contributed by atoms with van der Waals surface area (Å²) in [7, 11) is -9.23. The molecular formula is C12H11O8S2. The average Bonchev–Trinajstić information content (AvgIpc) is 2.36. The Morgan fingerprint density at radius 2 is 1.45 bits per heavy atom. The van der Waals surface area contributed by atoms with Crippen molar-refractivity contribution >= 4 is 31.0 Å². The zero-order chi connectivity index (χ0) is 16.7. The van der Waals surface area contributed by atoms with E-state index in [1.54, 1.807) is 6.92 Å². The molecule has 0 saturated carbocycles. The van der Waals surface area contributed by atoms with Crippen molar-refractivity contribution in [1.82, 2.24) is 0 Å². The molecule has 0 aliphatic carbocycles. The van der Waals surface area contributed by atoms with Gasteiger partial charge in [-0.25, -0.2) is 0 Å². The van der Waals surface area contributed by atoms with Gasteiger partial charge in [0.15, 0.2) is 5.75 Å². The molecule has 2 aromatic carbocycles.